The van der Waals surface area contributed by atoms with E-state index < -0.39 is 0 Å². The molecular weight excluding hydrogens is 464 g/mol. The minimum Gasteiger partial charge on any atom is -0.289 e. The van der Waals surface area contributed by atoms with E-state index in [1.807, 2.05) is 12.1 Å². The van der Waals surface area contributed by atoms with E-state index in [1.165, 1.54) is 76.2 Å². The zero-order valence-corrected chi connectivity index (χ0v) is 25.7. The van der Waals surface area contributed by atoms with Gasteiger partial charge in [0.05, 0.1) is 0 Å². The molecule has 0 radical (unpaired) electrons. The van der Waals surface area contributed by atoms with Gasteiger partial charge in [0.15, 0.2) is 11.6 Å². The molecule has 0 amide bonds. The minimum atomic E-state index is -0.00365. The average molecular weight is 521 g/mol. The molecule has 1 aliphatic carbocycles. The first kappa shape index (κ1) is 32.3. The van der Waals surface area contributed by atoms with Crippen molar-refractivity contribution in [1.82, 2.24) is 0 Å². The maximum atomic E-state index is 12.9. The molecule has 0 bridgehead atoms. The normalized spacial score (nSPS) is 16.7. The number of ketones is 2. The van der Waals surface area contributed by atoms with Gasteiger partial charge in [-0.25, -0.2) is 0 Å². The van der Waals surface area contributed by atoms with Crippen LogP contribution in [0.15, 0.2) is 47.1 Å². The molecule has 0 fully saturated rings. The zero-order chi connectivity index (χ0) is 28.1. The molecule has 3 atom stereocenters. The van der Waals surface area contributed by atoms with Crippen LogP contribution in [0.25, 0.3) is 0 Å². The van der Waals surface area contributed by atoms with Gasteiger partial charge >= 0.3 is 0 Å². The zero-order valence-electron chi connectivity index (χ0n) is 25.7. The molecule has 0 saturated heterocycles. The van der Waals surface area contributed by atoms with E-state index in [0.29, 0.717) is 28.7 Å². The third-order valence-corrected chi connectivity index (χ3v) is 8.67. The van der Waals surface area contributed by atoms with Crippen molar-refractivity contribution < 1.29 is 9.59 Å². The molecule has 0 heterocycles. The lowest BCUT2D eigenvalue weighted by molar-refractivity contribution is 0.0973. The summed E-state index contributed by atoms with van der Waals surface area (Å²) in [7, 11) is 0. The number of benzene rings is 1. The largest absolute Gasteiger partial charge is 0.289 e. The molecule has 212 valence electrons. The van der Waals surface area contributed by atoms with Crippen LogP contribution in [0.3, 0.4) is 0 Å². The molecule has 1 aliphatic rings. The van der Waals surface area contributed by atoms with Gasteiger partial charge in [0.1, 0.15) is 0 Å². The number of hydrogen-bond acceptors (Lipinski definition) is 2. The number of fused-ring (bicyclic) bond motifs is 1. The van der Waals surface area contributed by atoms with Gasteiger partial charge in [0, 0.05) is 22.3 Å². The van der Waals surface area contributed by atoms with Gasteiger partial charge in [-0.1, -0.05) is 135 Å². The third kappa shape index (κ3) is 11.0. The van der Waals surface area contributed by atoms with Crippen LogP contribution in [-0.2, 0) is 0 Å². The van der Waals surface area contributed by atoms with Crippen molar-refractivity contribution in [2.45, 2.75) is 132 Å². The SMILES string of the molecule is CC(=CCC1=C(C)C(=O)c2ccccc2C1=O)CCCC(C)CCCC(C)CCCC(C)CCCC(C)C. The van der Waals surface area contributed by atoms with Gasteiger partial charge < -0.3 is 0 Å². The van der Waals surface area contributed by atoms with Gasteiger partial charge in [-0.2, -0.15) is 0 Å². The first-order valence-corrected chi connectivity index (χ1v) is 15.6. The number of hydrogen-bond donors (Lipinski definition) is 0. The lowest BCUT2D eigenvalue weighted by atomic mass is 9.83. The fourth-order valence-electron chi connectivity index (χ4n) is 5.84. The summed E-state index contributed by atoms with van der Waals surface area (Å²) in [5.41, 5.74) is 3.69. The lowest BCUT2D eigenvalue weighted by Gasteiger charge is -2.18. The maximum absolute atomic E-state index is 12.9. The van der Waals surface area contributed by atoms with Gasteiger partial charge in [0.2, 0.25) is 0 Å². The lowest BCUT2D eigenvalue weighted by Crippen LogP contribution is -2.20. The van der Waals surface area contributed by atoms with Gasteiger partial charge in [-0.15, -0.1) is 0 Å². The summed E-state index contributed by atoms with van der Waals surface area (Å²) < 4.78 is 0. The summed E-state index contributed by atoms with van der Waals surface area (Å²) in [4.78, 5) is 25.6. The van der Waals surface area contributed by atoms with Crippen LogP contribution < -0.4 is 0 Å². The van der Waals surface area contributed by atoms with E-state index in [1.54, 1.807) is 19.1 Å². The fraction of sp³-hybridized carbons (Fsp3) is 0.667. The summed E-state index contributed by atoms with van der Waals surface area (Å²) in [6, 6.07) is 7.20. The smallest absolute Gasteiger partial charge is 0.190 e. The van der Waals surface area contributed by atoms with E-state index in [9.17, 15) is 9.59 Å². The van der Waals surface area contributed by atoms with E-state index in [-0.39, 0.29) is 11.6 Å². The Morgan fingerprint density at radius 2 is 1.13 bits per heavy atom. The van der Waals surface area contributed by atoms with Crippen LogP contribution in [0.2, 0.25) is 0 Å². The van der Waals surface area contributed by atoms with Crippen molar-refractivity contribution >= 4 is 11.6 Å². The fourth-order valence-corrected chi connectivity index (χ4v) is 5.84. The van der Waals surface area contributed by atoms with E-state index in [0.717, 1.165) is 30.1 Å². The van der Waals surface area contributed by atoms with Crippen LogP contribution in [0.1, 0.15) is 153 Å². The Bertz CT molecular complexity index is 948. The standard InChI is InChI=1S/C36H56O2/c1-26(2)14-10-15-27(3)16-11-17-28(4)18-12-19-29(5)20-13-21-30(6)24-25-32-31(7)35(37)33-22-8-9-23-34(33)36(32)38/h8-9,22-24,26-29H,10-21,25H2,1-7H3. The molecule has 2 nitrogen and oxygen atoms in total. The van der Waals surface area contributed by atoms with Crippen molar-refractivity contribution in [1.29, 1.82) is 0 Å². The minimum absolute atomic E-state index is 0.00365. The van der Waals surface area contributed by atoms with Crippen molar-refractivity contribution in [3.63, 3.8) is 0 Å². The van der Waals surface area contributed by atoms with Crippen molar-refractivity contribution in [3.8, 4) is 0 Å². The van der Waals surface area contributed by atoms with Crippen molar-refractivity contribution in [3.05, 3.63) is 58.2 Å². The Kier molecular flexibility index (Phi) is 14.3. The predicted octanol–water partition coefficient (Wildman–Crippen LogP) is 11.0. The quantitative estimate of drug-likeness (QED) is 0.180. The summed E-state index contributed by atoms with van der Waals surface area (Å²) >= 11 is 0. The van der Waals surface area contributed by atoms with Crippen LogP contribution in [0.4, 0.5) is 0 Å². The molecule has 0 aromatic heterocycles. The van der Waals surface area contributed by atoms with Gasteiger partial charge in [-0.05, 0) is 56.8 Å². The highest BCUT2D eigenvalue weighted by Crippen LogP contribution is 2.29. The van der Waals surface area contributed by atoms with E-state index >= 15 is 0 Å². The molecule has 2 heteroatoms. The molecule has 2 rings (SSSR count). The Morgan fingerprint density at radius 3 is 1.63 bits per heavy atom. The predicted molar refractivity (Wildman–Crippen MR) is 164 cm³/mol. The number of carbonyl (C=O) groups is 2. The number of allylic oxidation sites excluding steroid dienone is 4. The second-order valence-electron chi connectivity index (χ2n) is 13.0. The van der Waals surface area contributed by atoms with Crippen LogP contribution in [0, 0.1) is 23.7 Å². The number of carbonyl (C=O) groups excluding carboxylic acids is 2. The summed E-state index contributed by atoms with van der Waals surface area (Å²) in [6.07, 6.45) is 18.7. The second-order valence-corrected chi connectivity index (χ2v) is 13.0. The summed E-state index contributed by atoms with van der Waals surface area (Å²) in [5, 5.41) is 0. The topological polar surface area (TPSA) is 34.1 Å². The number of rotatable bonds is 18. The molecule has 0 N–H and O–H groups in total. The van der Waals surface area contributed by atoms with Crippen molar-refractivity contribution in [2.24, 2.45) is 23.7 Å². The first-order valence-electron chi connectivity index (χ1n) is 15.6. The summed E-state index contributed by atoms with van der Waals surface area (Å²) in [6.45, 7) is 15.9. The highest BCUT2D eigenvalue weighted by atomic mass is 16.1. The first-order chi connectivity index (χ1) is 18.1. The summed E-state index contributed by atoms with van der Waals surface area (Å²) in [5.74, 6) is 3.38. The molecule has 1 aromatic rings. The Balaban J connectivity index is 1.61. The molecule has 0 aliphatic heterocycles. The second kappa shape index (κ2) is 16.9. The Hall–Kier alpha value is -1.96. The van der Waals surface area contributed by atoms with Gasteiger partial charge in [-0.3, -0.25) is 9.59 Å². The Morgan fingerprint density at radius 1 is 0.684 bits per heavy atom. The van der Waals surface area contributed by atoms with Crippen LogP contribution in [0.5, 0.6) is 0 Å². The molecule has 1 aromatic carbocycles. The average Bonchev–Trinajstić information content (AvgIpc) is 2.87. The third-order valence-electron chi connectivity index (χ3n) is 8.67. The van der Waals surface area contributed by atoms with Crippen molar-refractivity contribution in [2.75, 3.05) is 0 Å². The van der Waals surface area contributed by atoms with Crippen LogP contribution >= 0.6 is 0 Å². The monoisotopic (exact) mass is 520 g/mol. The Labute approximate surface area is 234 Å². The maximum Gasteiger partial charge on any atom is 0.190 e. The molecule has 0 spiro atoms. The van der Waals surface area contributed by atoms with Crippen LogP contribution in [-0.4, -0.2) is 11.6 Å². The molecular formula is C36H56O2. The van der Waals surface area contributed by atoms with E-state index in [2.05, 4.69) is 47.6 Å². The molecule has 3 unspecified atom stereocenters. The molecule has 38 heavy (non-hydrogen) atoms. The number of Topliss-reactive ketones (excluding diaryl/α,β-unsaturated/α-hetero) is 2. The molecule has 0 saturated carbocycles. The van der Waals surface area contributed by atoms with Gasteiger partial charge in [0.25, 0.3) is 0 Å². The highest BCUT2D eigenvalue weighted by molar-refractivity contribution is 6.26. The highest BCUT2D eigenvalue weighted by Gasteiger charge is 2.28. The van der Waals surface area contributed by atoms with E-state index in [4.69, 9.17) is 0 Å².